The molecule has 2 aromatic heterocycles. The van der Waals surface area contributed by atoms with Crippen molar-refractivity contribution in [2.75, 3.05) is 5.32 Å². The minimum Gasteiger partial charge on any atom is -0.465 e. The molecule has 1 amide bonds. The molecule has 152 valence electrons. The molecule has 3 aromatic rings. The fourth-order valence-electron chi connectivity index (χ4n) is 2.26. The first-order chi connectivity index (χ1) is 13.9. The van der Waals surface area contributed by atoms with E-state index in [2.05, 4.69) is 20.2 Å². The number of hydrogen-bond donors (Lipinski definition) is 2. The van der Waals surface area contributed by atoms with Gasteiger partial charge in [0.05, 0.1) is 11.2 Å². The van der Waals surface area contributed by atoms with Gasteiger partial charge in [0, 0.05) is 11.6 Å². The van der Waals surface area contributed by atoms with Crippen molar-refractivity contribution < 1.29 is 17.6 Å². The zero-order valence-corrected chi connectivity index (χ0v) is 17.5. The quantitative estimate of drug-likeness (QED) is 0.562. The topological polar surface area (TPSA) is 114 Å². The van der Waals surface area contributed by atoms with Gasteiger partial charge in [0.1, 0.15) is 10.8 Å². The summed E-state index contributed by atoms with van der Waals surface area (Å²) in [6.07, 6.45) is 5.73. The number of nitrogens with one attached hydrogen (secondary N) is 2. The lowest BCUT2D eigenvalue weighted by Gasteiger charge is -2.12. The number of hydrogen-bond acceptors (Lipinski definition) is 7. The van der Waals surface area contributed by atoms with E-state index in [-0.39, 0.29) is 10.9 Å². The fraction of sp³-hybridized carbons (Fsp3) is 0.211. The summed E-state index contributed by atoms with van der Waals surface area (Å²) < 4.78 is 32.3. The molecule has 1 atom stereocenters. The molecule has 0 fully saturated rings. The second-order valence-electron chi connectivity index (χ2n) is 6.20. The van der Waals surface area contributed by atoms with Gasteiger partial charge in [-0.1, -0.05) is 18.3 Å². The van der Waals surface area contributed by atoms with Gasteiger partial charge in [0.15, 0.2) is 0 Å². The second kappa shape index (κ2) is 9.12. The summed E-state index contributed by atoms with van der Waals surface area (Å²) in [5.74, 6) is 0.283. The monoisotopic (exact) mass is 432 g/mol. The first kappa shape index (κ1) is 20.9. The Hall–Kier alpha value is -2.82. The Labute approximate surface area is 172 Å². The third kappa shape index (κ3) is 5.59. The van der Waals surface area contributed by atoms with E-state index in [0.717, 1.165) is 0 Å². The van der Waals surface area contributed by atoms with E-state index in [9.17, 15) is 13.2 Å². The number of rotatable bonds is 8. The highest BCUT2D eigenvalue weighted by atomic mass is 32.2. The van der Waals surface area contributed by atoms with E-state index in [0.29, 0.717) is 27.9 Å². The molecule has 2 N–H and O–H groups in total. The van der Waals surface area contributed by atoms with Gasteiger partial charge in [-0.05, 0) is 61.9 Å². The summed E-state index contributed by atoms with van der Waals surface area (Å²) in [4.78, 5) is 12.5. The minimum atomic E-state index is -3.61. The standard InChI is InChI=1S/C19H20N4O4S2/c1-3-13(2)23-29(25,26)16-9-6-14(7-10-16)18(24)20-19-22-21-17(28-19)11-8-15-5-4-12-27-15/h4-13,23H,3H2,1-2H3,(H,20,22,24). The van der Waals surface area contributed by atoms with Crippen molar-refractivity contribution in [3.63, 3.8) is 0 Å². The Morgan fingerprint density at radius 1 is 1.21 bits per heavy atom. The first-order valence-electron chi connectivity index (χ1n) is 8.86. The summed E-state index contributed by atoms with van der Waals surface area (Å²) in [7, 11) is -3.61. The van der Waals surface area contributed by atoms with Crippen LogP contribution >= 0.6 is 11.3 Å². The van der Waals surface area contributed by atoms with Gasteiger partial charge in [0.2, 0.25) is 15.2 Å². The molecule has 0 spiro atoms. The number of amides is 1. The summed E-state index contributed by atoms with van der Waals surface area (Å²) in [6.45, 7) is 3.69. The van der Waals surface area contributed by atoms with E-state index in [4.69, 9.17) is 4.42 Å². The highest BCUT2D eigenvalue weighted by Gasteiger charge is 2.17. The van der Waals surface area contributed by atoms with Crippen LogP contribution in [0.5, 0.6) is 0 Å². The van der Waals surface area contributed by atoms with Crippen molar-refractivity contribution in [1.29, 1.82) is 0 Å². The summed E-state index contributed by atoms with van der Waals surface area (Å²) >= 11 is 1.21. The molecule has 1 unspecified atom stereocenters. The second-order valence-corrected chi connectivity index (χ2v) is 8.93. The molecule has 0 aliphatic heterocycles. The first-order valence-corrected chi connectivity index (χ1v) is 11.2. The van der Waals surface area contributed by atoms with Crippen LogP contribution in [0.4, 0.5) is 5.13 Å². The van der Waals surface area contributed by atoms with Crippen LogP contribution in [0.15, 0.2) is 52.0 Å². The summed E-state index contributed by atoms with van der Waals surface area (Å²) in [5.41, 5.74) is 0.315. The van der Waals surface area contributed by atoms with Crippen LogP contribution < -0.4 is 10.0 Å². The highest BCUT2D eigenvalue weighted by Crippen LogP contribution is 2.19. The Morgan fingerprint density at radius 3 is 2.62 bits per heavy atom. The van der Waals surface area contributed by atoms with Crippen LogP contribution in [-0.4, -0.2) is 30.6 Å². The maximum atomic E-state index is 12.4. The van der Waals surface area contributed by atoms with Crippen LogP contribution in [0.3, 0.4) is 0 Å². The third-order valence-electron chi connectivity index (χ3n) is 3.99. The van der Waals surface area contributed by atoms with E-state index in [1.54, 1.807) is 31.4 Å². The molecule has 0 saturated carbocycles. The highest BCUT2D eigenvalue weighted by molar-refractivity contribution is 7.89. The lowest BCUT2D eigenvalue weighted by molar-refractivity contribution is 0.102. The molecule has 0 saturated heterocycles. The number of benzene rings is 1. The van der Waals surface area contributed by atoms with Crippen molar-refractivity contribution in [2.24, 2.45) is 0 Å². The van der Waals surface area contributed by atoms with E-state index < -0.39 is 15.9 Å². The Balaban J connectivity index is 1.64. The van der Waals surface area contributed by atoms with Crippen molar-refractivity contribution in [2.45, 2.75) is 31.2 Å². The third-order valence-corrected chi connectivity index (χ3v) is 6.40. The maximum Gasteiger partial charge on any atom is 0.257 e. The van der Waals surface area contributed by atoms with Crippen molar-refractivity contribution in [3.05, 3.63) is 59.0 Å². The van der Waals surface area contributed by atoms with E-state index in [1.807, 2.05) is 13.0 Å². The molecule has 0 radical (unpaired) electrons. The number of carbonyl (C=O) groups excluding carboxylic acids is 1. The van der Waals surface area contributed by atoms with Crippen LogP contribution in [0, 0.1) is 0 Å². The predicted octanol–water partition coefficient (Wildman–Crippen LogP) is 3.63. The molecular formula is C19H20N4O4S2. The molecule has 29 heavy (non-hydrogen) atoms. The zero-order chi connectivity index (χ0) is 20.9. The lowest BCUT2D eigenvalue weighted by Crippen LogP contribution is -2.32. The van der Waals surface area contributed by atoms with Crippen molar-refractivity contribution >= 4 is 44.6 Å². The molecule has 8 nitrogen and oxygen atoms in total. The Morgan fingerprint density at radius 2 is 1.97 bits per heavy atom. The molecule has 2 heterocycles. The largest absolute Gasteiger partial charge is 0.465 e. The lowest BCUT2D eigenvalue weighted by atomic mass is 10.2. The normalized spacial score (nSPS) is 12.9. The average Bonchev–Trinajstić information content (AvgIpc) is 3.38. The number of aromatic nitrogens is 2. The summed E-state index contributed by atoms with van der Waals surface area (Å²) in [5, 5.41) is 11.5. The average molecular weight is 433 g/mol. The van der Waals surface area contributed by atoms with Gasteiger partial charge in [-0.25, -0.2) is 13.1 Å². The number of carbonyl (C=O) groups is 1. The van der Waals surface area contributed by atoms with Gasteiger partial charge in [-0.2, -0.15) is 0 Å². The van der Waals surface area contributed by atoms with Crippen molar-refractivity contribution in [3.8, 4) is 0 Å². The smallest absolute Gasteiger partial charge is 0.257 e. The predicted molar refractivity (Wildman–Crippen MR) is 112 cm³/mol. The Bertz CT molecular complexity index is 1090. The fourth-order valence-corrected chi connectivity index (χ4v) is 4.23. The molecule has 0 bridgehead atoms. The number of sulfonamides is 1. The molecule has 0 aliphatic rings. The molecular weight excluding hydrogens is 412 g/mol. The van der Waals surface area contributed by atoms with Gasteiger partial charge in [-0.3, -0.25) is 10.1 Å². The zero-order valence-electron chi connectivity index (χ0n) is 15.8. The van der Waals surface area contributed by atoms with Crippen LogP contribution in [-0.2, 0) is 10.0 Å². The molecule has 3 rings (SSSR count). The van der Waals surface area contributed by atoms with Crippen LogP contribution in [0.25, 0.3) is 12.2 Å². The maximum absolute atomic E-state index is 12.4. The van der Waals surface area contributed by atoms with Gasteiger partial charge in [-0.15, -0.1) is 10.2 Å². The van der Waals surface area contributed by atoms with Gasteiger partial charge in [0.25, 0.3) is 5.91 Å². The minimum absolute atomic E-state index is 0.107. The number of anilines is 1. The van der Waals surface area contributed by atoms with E-state index in [1.165, 1.54) is 35.6 Å². The van der Waals surface area contributed by atoms with Crippen molar-refractivity contribution in [1.82, 2.24) is 14.9 Å². The van der Waals surface area contributed by atoms with Gasteiger partial charge >= 0.3 is 0 Å². The van der Waals surface area contributed by atoms with Crippen LogP contribution in [0.1, 0.15) is 41.4 Å². The SMILES string of the molecule is CCC(C)NS(=O)(=O)c1ccc(C(=O)Nc2nnc(C=Cc3ccco3)s2)cc1. The summed E-state index contributed by atoms with van der Waals surface area (Å²) in [6, 6.07) is 9.13. The molecule has 0 aliphatic carbocycles. The van der Waals surface area contributed by atoms with E-state index >= 15 is 0 Å². The van der Waals surface area contributed by atoms with Gasteiger partial charge < -0.3 is 4.42 Å². The number of furan rings is 1. The van der Waals surface area contributed by atoms with Crippen LogP contribution in [0.2, 0.25) is 0 Å². The number of nitrogens with zero attached hydrogens (tertiary/aromatic N) is 2. The molecule has 10 heteroatoms. The molecule has 1 aromatic carbocycles. The Kier molecular flexibility index (Phi) is 6.57.